The number of piperidine rings is 1. The number of nitrogens with one attached hydrogen (secondary N) is 1. The van der Waals surface area contributed by atoms with E-state index < -0.39 is 0 Å². The van der Waals surface area contributed by atoms with Crippen LogP contribution in [0.15, 0.2) is 60.7 Å². The first-order valence-electron chi connectivity index (χ1n) is 8.72. The second-order valence-corrected chi connectivity index (χ2v) is 6.65. The summed E-state index contributed by atoms with van der Waals surface area (Å²) in [4.78, 5) is 16.8. The standard InChI is InChI=1S/C20H23N3O/c24-20-21-18-15-22(13-11-16-7-3-1-4-8-16)14-12-19(18)23(20)17-9-5-2-6-10-17/h1-10,18-19H,11-15H2,(H,21,24). The maximum Gasteiger partial charge on any atom is 0.322 e. The van der Waals surface area contributed by atoms with Crippen LogP contribution in [-0.4, -0.2) is 42.6 Å². The molecule has 2 unspecified atom stereocenters. The molecule has 2 aliphatic rings. The van der Waals surface area contributed by atoms with Crippen molar-refractivity contribution in [3.63, 3.8) is 0 Å². The second kappa shape index (κ2) is 6.65. The van der Waals surface area contributed by atoms with Crippen molar-refractivity contribution in [1.82, 2.24) is 10.2 Å². The van der Waals surface area contributed by atoms with Gasteiger partial charge >= 0.3 is 6.03 Å². The topological polar surface area (TPSA) is 35.6 Å². The first-order chi connectivity index (χ1) is 11.8. The van der Waals surface area contributed by atoms with E-state index in [2.05, 4.69) is 40.5 Å². The molecule has 124 valence electrons. The number of amides is 2. The van der Waals surface area contributed by atoms with Crippen LogP contribution in [0.3, 0.4) is 0 Å². The Morgan fingerprint density at radius 2 is 1.71 bits per heavy atom. The molecule has 1 N–H and O–H groups in total. The molecular formula is C20H23N3O. The zero-order chi connectivity index (χ0) is 16.4. The van der Waals surface area contributed by atoms with Gasteiger partial charge in [0.25, 0.3) is 0 Å². The van der Waals surface area contributed by atoms with Gasteiger partial charge < -0.3 is 10.2 Å². The minimum Gasteiger partial charge on any atom is -0.332 e. The molecule has 0 radical (unpaired) electrons. The Bertz CT molecular complexity index is 689. The van der Waals surface area contributed by atoms with E-state index in [1.807, 2.05) is 35.2 Å². The number of anilines is 1. The van der Waals surface area contributed by atoms with Gasteiger partial charge in [0.1, 0.15) is 0 Å². The third-order valence-corrected chi connectivity index (χ3v) is 5.11. The van der Waals surface area contributed by atoms with Gasteiger partial charge in [0, 0.05) is 25.3 Å². The highest BCUT2D eigenvalue weighted by Gasteiger charge is 2.42. The van der Waals surface area contributed by atoms with Crippen molar-refractivity contribution < 1.29 is 4.79 Å². The summed E-state index contributed by atoms with van der Waals surface area (Å²) in [5, 5.41) is 3.18. The van der Waals surface area contributed by atoms with Crippen LogP contribution in [0.2, 0.25) is 0 Å². The molecule has 4 nitrogen and oxygen atoms in total. The van der Waals surface area contributed by atoms with Crippen LogP contribution in [0.5, 0.6) is 0 Å². The molecule has 0 bridgehead atoms. The predicted molar refractivity (Wildman–Crippen MR) is 96.2 cm³/mol. The third kappa shape index (κ3) is 3.02. The summed E-state index contributed by atoms with van der Waals surface area (Å²) in [5.74, 6) is 0. The van der Waals surface area contributed by atoms with Crippen molar-refractivity contribution in [2.45, 2.75) is 24.9 Å². The lowest BCUT2D eigenvalue weighted by molar-refractivity contribution is 0.195. The lowest BCUT2D eigenvalue weighted by Gasteiger charge is -2.36. The normalized spacial score (nSPS) is 23.8. The number of benzene rings is 2. The maximum absolute atomic E-state index is 12.4. The molecule has 2 aromatic rings. The van der Waals surface area contributed by atoms with Crippen molar-refractivity contribution in [2.75, 3.05) is 24.5 Å². The van der Waals surface area contributed by atoms with Crippen LogP contribution in [0.4, 0.5) is 10.5 Å². The molecule has 0 aromatic heterocycles. The maximum atomic E-state index is 12.4. The number of urea groups is 1. The summed E-state index contributed by atoms with van der Waals surface area (Å²) in [5.41, 5.74) is 2.38. The molecule has 2 saturated heterocycles. The zero-order valence-electron chi connectivity index (χ0n) is 13.8. The highest BCUT2D eigenvalue weighted by molar-refractivity contribution is 5.95. The molecule has 2 aromatic carbocycles. The molecule has 24 heavy (non-hydrogen) atoms. The van der Waals surface area contributed by atoms with Gasteiger partial charge in [-0.15, -0.1) is 0 Å². The van der Waals surface area contributed by atoms with Gasteiger partial charge in [0.2, 0.25) is 0 Å². The quantitative estimate of drug-likeness (QED) is 0.940. The lowest BCUT2D eigenvalue weighted by atomic mass is 9.99. The fraction of sp³-hybridized carbons (Fsp3) is 0.350. The third-order valence-electron chi connectivity index (χ3n) is 5.11. The van der Waals surface area contributed by atoms with Crippen molar-refractivity contribution in [2.24, 2.45) is 0 Å². The number of hydrogen-bond donors (Lipinski definition) is 1. The van der Waals surface area contributed by atoms with Crippen LogP contribution in [0.1, 0.15) is 12.0 Å². The zero-order valence-corrected chi connectivity index (χ0v) is 13.8. The van der Waals surface area contributed by atoms with E-state index in [-0.39, 0.29) is 18.1 Å². The van der Waals surface area contributed by atoms with E-state index in [4.69, 9.17) is 0 Å². The average Bonchev–Trinajstić information content (AvgIpc) is 2.96. The Kier molecular flexibility index (Phi) is 4.22. The summed E-state index contributed by atoms with van der Waals surface area (Å²) in [6.45, 7) is 3.04. The molecular weight excluding hydrogens is 298 g/mol. The number of fused-ring (bicyclic) bond motifs is 1. The Morgan fingerprint density at radius 1 is 1.00 bits per heavy atom. The van der Waals surface area contributed by atoms with E-state index in [1.54, 1.807) is 0 Å². The second-order valence-electron chi connectivity index (χ2n) is 6.65. The van der Waals surface area contributed by atoms with Crippen molar-refractivity contribution in [3.05, 3.63) is 66.2 Å². The molecule has 2 heterocycles. The number of hydrogen-bond acceptors (Lipinski definition) is 2. The first kappa shape index (κ1) is 15.2. The fourth-order valence-corrected chi connectivity index (χ4v) is 3.87. The highest BCUT2D eigenvalue weighted by atomic mass is 16.2. The number of rotatable bonds is 4. The summed E-state index contributed by atoms with van der Waals surface area (Å²) >= 11 is 0. The van der Waals surface area contributed by atoms with Gasteiger partial charge in [-0.25, -0.2) is 4.79 Å². The number of likely N-dealkylation sites (tertiary alicyclic amines) is 1. The average molecular weight is 321 g/mol. The van der Waals surface area contributed by atoms with Gasteiger partial charge in [0.15, 0.2) is 0 Å². The van der Waals surface area contributed by atoms with E-state index in [9.17, 15) is 4.79 Å². The van der Waals surface area contributed by atoms with Crippen LogP contribution >= 0.6 is 0 Å². The Labute approximate surface area is 143 Å². The Hall–Kier alpha value is -2.33. The van der Waals surface area contributed by atoms with E-state index in [1.165, 1.54) is 5.56 Å². The predicted octanol–water partition coefficient (Wildman–Crippen LogP) is 2.90. The van der Waals surface area contributed by atoms with Crippen LogP contribution in [0, 0.1) is 0 Å². The van der Waals surface area contributed by atoms with Crippen molar-refractivity contribution in [3.8, 4) is 0 Å². The Balaban J connectivity index is 1.39. The van der Waals surface area contributed by atoms with E-state index >= 15 is 0 Å². The minimum absolute atomic E-state index is 0.0427. The molecule has 4 rings (SSSR count). The summed E-state index contributed by atoms with van der Waals surface area (Å²) < 4.78 is 0. The molecule has 0 saturated carbocycles. The van der Waals surface area contributed by atoms with E-state index in [0.717, 1.165) is 38.2 Å². The summed E-state index contributed by atoms with van der Waals surface area (Å²) in [6, 6.07) is 21.2. The van der Waals surface area contributed by atoms with Gasteiger partial charge in [-0.05, 0) is 30.5 Å². The SMILES string of the molecule is O=C1NC2CN(CCc3ccccc3)CCC2N1c1ccccc1. The summed E-state index contributed by atoms with van der Waals surface area (Å²) in [7, 11) is 0. The van der Waals surface area contributed by atoms with E-state index in [0.29, 0.717) is 0 Å². The fourth-order valence-electron chi connectivity index (χ4n) is 3.87. The van der Waals surface area contributed by atoms with Crippen LogP contribution in [-0.2, 0) is 6.42 Å². The van der Waals surface area contributed by atoms with Gasteiger partial charge in [-0.3, -0.25) is 4.90 Å². The summed E-state index contributed by atoms with van der Waals surface area (Å²) in [6.07, 6.45) is 2.08. The molecule has 0 aliphatic carbocycles. The van der Waals surface area contributed by atoms with Gasteiger partial charge in [-0.2, -0.15) is 0 Å². The highest BCUT2D eigenvalue weighted by Crippen LogP contribution is 2.28. The van der Waals surface area contributed by atoms with Crippen molar-refractivity contribution in [1.29, 1.82) is 0 Å². The molecule has 4 heteroatoms. The smallest absolute Gasteiger partial charge is 0.322 e. The van der Waals surface area contributed by atoms with Crippen LogP contribution < -0.4 is 10.2 Å². The van der Waals surface area contributed by atoms with Crippen molar-refractivity contribution >= 4 is 11.7 Å². The first-order valence-corrected chi connectivity index (χ1v) is 8.72. The van der Waals surface area contributed by atoms with Gasteiger partial charge in [-0.1, -0.05) is 48.5 Å². The van der Waals surface area contributed by atoms with Crippen LogP contribution in [0.25, 0.3) is 0 Å². The number of carbonyl (C=O) groups excluding carboxylic acids is 1. The molecule has 2 fully saturated rings. The molecule has 0 spiro atoms. The molecule has 2 amide bonds. The number of carbonyl (C=O) groups is 1. The Morgan fingerprint density at radius 3 is 2.46 bits per heavy atom. The monoisotopic (exact) mass is 321 g/mol. The lowest BCUT2D eigenvalue weighted by Crippen LogP contribution is -2.51. The minimum atomic E-state index is 0.0427. The molecule has 2 atom stereocenters. The molecule has 2 aliphatic heterocycles. The van der Waals surface area contributed by atoms with Gasteiger partial charge in [0.05, 0.1) is 12.1 Å². The largest absolute Gasteiger partial charge is 0.332 e. The number of nitrogens with zero attached hydrogens (tertiary/aromatic N) is 2. The number of para-hydroxylation sites is 1.